The van der Waals surface area contributed by atoms with E-state index in [4.69, 9.17) is 0 Å². The van der Waals surface area contributed by atoms with Gasteiger partial charge < -0.3 is 5.32 Å². The van der Waals surface area contributed by atoms with Crippen molar-refractivity contribution in [1.29, 1.82) is 0 Å². The molecule has 0 heterocycles. The predicted octanol–water partition coefficient (Wildman–Crippen LogP) is 5.87. The Labute approximate surface area is 154 Å². The first-order valence-corrected chi connectivity index (χ1v) is 9.05. The molecule has 26 heavy (non-hydrogen) atoms. The Morgan fingerprint density at radius 2 is 1.50 bits per heavy atom. The average molecular weight is 339 g/mol. The molecular formula is C24H21NO. The van der Waals surface area contributed by atoms with E-state index < -0.39 is 0 Å². The molecule has 0 aliphatic heterocycles. The lowest BCUT2D eigenvalue weighted by atomic mass is 9.91. The fourth-order valence-electron chi connectivity index (χ4n) is 3.52. The van der Waals surface area contributed by atoms with Gasteiger partial charge in [-0.2, -0.15) is 0 Å². The number of benzene rings is 3. The number of Topliss-reactive ketones (excluding diaryl/α,β-unsaturated/α-hetero) is 1. The summed E-state index contributed by atoms with van der Waals surface area (Å²) < 4.78 is 0. The largest absolute Gasteiger partial charge is 0.361 e. The molecule has 128 valence electrons. The molecule has 0 saturated heterocycles. The Morgan fingerprint density at radius 1 is 0.769 bits per heavy atom. The first-order chi connectivity index (χ1) is 12.8. The van der Waals surface area contributed by atoms with E-state index in [-0.39, 0.29) is 5.78 Å². The third-order valence-electron chi connectivity index (χ3n) is 4.83. The SMILES string of the molecule is O=C1/C(=C\Nc2ccccc2)CCCc2cccc(-c3ccccc3)c21. The number of carbonyl (C=O) groups excluding carboxylic acids is 1. The highest BCUT2D eigenvalue weighted by molar-refractivity contribution is 6.14. The molecule has 4 rings (SSSR count). The summed E-state index contributed by atoms with van der Waals surface area (Å²) in [6.45, 7) is 0. The molecule has 0 amide bonds. The van der Waals surface area contributed by atoms with Crippen molar-refractivity contribution in [1.82, 2.24) is 0 Å². The summed E-state index contributed by atoms with van der Waals surface area (Å²) in [6.07, 6.45) is 4.60. The van der Waals surface area contributed by atoms with Gasteiger partial charge in [0.2, 0.25) is 0 Å². The number of ketones is 1. The molecule has 0 aromatic heterocycles. The van der Waals surface area contributed by atoms with Crippen LogP contribution in [0.15, 0.2) is 90.6 Å². The summed E-state index contributed by atoms with van der Waals surface area (Å²) in [7, 11) is 0. The maximum absolute atomic E-state index is 13.3. The quantitative estimate of drug-likeness (QED) is 0.478. The average Bonchev–Trinajstić information content (AvgIpc) is 2.87. The van der Waals surface area contributed by atoms with Gasteiger partial charge >= 0.3 is 0 Å². The molecule has 2 nitrogen and oxygen atoms in total. The topological polar surface area (TPSA) is 29.1 Å². The lowest BCUT2D eigenvalue weighted by Gasteiger charge is -2.12. The fraction of sp³-hybridized carbons (Fsp3) is 0.125. The third kappa shape index (κ3) is 3.31. The fourth-order valence-corrected chi connectivity index (χ4v) is 3.52. The summed E-state index contributed by atoms with van der Waals surface area (Å²) in [6, 6.07) is 26.3. The van der Waals surface area contributed by atoms with E-state index in [1.54, 1.807) is 0 Å². The minimum Gasteiger partial charge on any atom is -0.361 e. The van der Waals surface area contributed by atoms with E-state index in [1.807, 2.05) is 54.7 Å². The van der Waals surface area contributed by atoms with E-state index >= 15 is 0 Å². The second-order valence-corrected chi connectivity index (χ2v) is 6.57. The highest BCUT2D eigenvalue weighted by atomic mass is 16.1. The third-order valence-corrected chi connectivity index (χ3v) is 4.83. The molecule has 1 aliphatic carbocycles. The molecule has 0 unspecified atom stereocenters. The highest BCUT2D eigenvalue weighted by Gasteiger charge is 2.23. The van der Waals surface area contributed by atoms with Crippen LogP contribution in [0.1, 0.15) is 28.8 Å². The van der Waals surface area contributed by atoms with E-state index in [9.17, 15) is 4.79 Å². The maximum atomic E-state index is 13.3. The van der Waals surface area contributed by atoms with Crippen LogP contribution in [0.4, 0.5) is 5.69 Å². The first kappa shape index (κ1) is 16.3. The zero-order chi connectivity index (χ0) is 17.8. The minimum absolute atomic E-state index is 0.139. The van der Waals surface area contributed by atoms with Crippen LogP contribution >= 0.6 is 0 Å². The Morgan fingerprint density at radius 3 is 2.27 bits per heavy atom. The summed E-state index contributed by atoms with van der Waals surface area (Å²) in [5, 5.41) is 3.28. The van der Waals surface area contributed by atoms with Crippen LogP contribution in [0.3, 0.4) is 0 Å². The van der Waals surface area contributed by atoms with Gasteiger partial charge in [-0.1, -0.05) is 66.7 Å². The number of nitrogens with one attached hydrogen (secondary N) is 1. The van der Waals surface area contributed by atoms with Gasteiger partial charge in [0.05, 0.1) is 0 Å². The number of hydrogen-bond acceptors (Lipinski definition) is 2. The minimum atomic E-state index is 0.139. The Kier molecular flexibility index (Phi) is 4.65. The van der Waals surface area contributed by atoms with Crippen molar-refractivity contribution in [3.8, 4) is 11.1 Å². The number of allylic oxidation sites excluding steroid dienone is 1. The van der Waals surface area contributed by atoms with Gasteiger partial charge in [0.25, 0.3) is 0 Å². The van der Waals surface area contributed by atoms with Gasteiger partial charge in [-0.25, -0.2) is 0 Å². The number of anilines is 1. The van der Waals surface area contributed by atoms with Crippen molar-refractivity contribution in [2.24, 2.45) is 0 Å². The van der Waals surface area contributed by atoms with Gasteiger partial charge in [-0.15, -0.1) is 0 Å². The lowest BCUT2D eigenvalue weighted by Crippen LogP contribution is -2.07. The van der Waals surface area contributed by atoms with Crippen LogP contribution in [0.5, 0.6) is 0 Å². The van der Waals surface area contributed by atoms with Gasteiger partial charge in [0.15, 0.2) is 5.78 Å². The number of aryl methyl sites for hydroxylation is 1. The molecule has 1 aliphatic rings. The van der Waals surface area contributed by atoms with E-state index in [2.05, 4.69) is 35.6 Å². The van der Waals surface area contributed by atoms with Crippen molar-refractivity contribution in [2.45, 2.75) is 19.3 Å². The van der Waals surface area contributed by atoms with Crippen molar-refractivity contribution in [3.63, 3.8) is 0 Å². The van der Waals surface area contributed by atoms with Crippen LogP contribution in [0.2, 0.25) is 0 Å². The summed E-state index contributed by atoms with van der Waals surface area (Å²) in [5.41, 5.74) is 5.97. The van der Waals surface area contributed by atoms with Gasteiger partial charge in [-0.3, -0.25) is 4.79 Å². The van der Waals surface area contributed by atoms with E-state index in [0.717, 1.165) is 52.8 Å². The molecule has 0 radical (unpaired) electrons. The summed E-state index contributed by atoms with van der Waals surface area (Å²) in [4.78, 5) is 13.3. The molecule has 1 N–H and O–H groups in total. The van der Waals surface area contributed by atoms with E-state index in [1.165, 1.54) is 0 Å². The zero-order valence-corrected chi connectivity index (χ0v) is 14.6. The smallest absolute Gasteiger partial charge is 0.191 e. The lowest BCUT2D eigenvalue weighted by molar-refractivity contribution is 0.103. The molecule has 0 spiro atoms. The molecule has 3 aromatic carbocycles. The summed E-state index contributed by atoms with van der Waals surface area (Å²) in [5.74, 6) is 0.139. The molecule has 0 atom stereocenters. The van der Waals surface area contributed by atoms with Crippen molar-refractivity contribution in [2.75, 3.05) is 5.32 Å². The Bertz CT molecular complexity index is 942. The maximum Gasteiger partial charge on any atom is 0.191 e. The van der Waals surface area contributed by atoms with Crippen molar-refractivity contribution in [3.05, 3.63) is 102 Å². The van der Waals surface area contributed by atoms with Gasteiger partial charge in [0.1, 0.15) is 0 Å². The Balaban J connectivity index is 1.73. The van der Waals surface area contributed by atoms with Crippen LogP contribution in [-0.4, -0.2) is 5.78 Å². The normalized spacial score (nSPS) is 15.4. The summed E-state index contributed by atoms with van der Waals surface area (Å²) >= 11 is 0. The van der Waals surface area contributed by atoms with Gasteiger partial charge in [-0.05, 0) is 48.1 Å². The predicted molar refractivity (Wildman–Crippen MR) is 107 cm³/mol. The monoisotopic (exact) mass is 339 g/mol. The van der Waals surface area contributed by atoms with Gasteiger partial charge in [0, 0.05) is 23.0 Å². The Hall–Kier alpha value is -3.13. The highest BCUT2D eigenvalue weighted by Crippen LogP contribution is 2.32. The first-order valence-electron chi connectivity index (χ1n) is 9.05. The van der Waals surface area contributed by atoms with Crippen LogP contribution < -0.4 is 5.32 Å². The molecule has 0 bridgehead atoms. The van der Waals surface area contributed by atoms with Crippen LogP contribution in [0.25, 0.3) is 11.1 Å². The molecular weight excluding hydrogens is 318 g/mol. The van der Waals surface area contributed by atoms with Crippen molar-refractivity contribution >= 4 is 11.5 Å². The zero-order valence-electron chi connectivity index (χ0n) is 14.6. The van der Waals surface area contributed by atoms with E-state index in [0.29, 0.717) is 0 Å². The number of para-hydroxylation sites is 1. The second-order valence-electron chi connectivity index (χ2n) is 6.57. The number of fused-ring (bicyclic) bond motifs is 1. The van der Waals surface area contributed by atoms with Crippen LogP contribution in [-0.2, 0) is 6.42 Å². The molecule has 3 aromatic rings. The van der Waals surface area contributed by atoms with Crippen LogP contribution in [0, 0.1) is 0 Å². The molecule has 0 saturated carbocycles. The number of hydrogen-bond donors (Lipinski definition) is 1. The standard InChI is InChI=1S/C24H21NO/c26-24-20(17-25-21-14-5-2-6-15-21)13-7-11-19-12-8-16-22(23(19)24)18-9-3-1-4-10-18/h1-6,8-10,12,14-17,25H,7,11,13H2/b20-17-. The molecule has 0 fully saturated rings. The number of carbonyl (C=O) groups is 1. The second kappa shape index (κ2) is 7.40. The number of rotatable bonds is 3. The van der Waals surface area contributed by atoms with Crippen molar-refractivity contribution < 1.29 is 4.79 Å². The molecule has 2 heteroatoms.